The SMILES string of the molecule is CC1OC2(CCN(C(=O)OC(C)(C)C)CC2)c2c1n(CC(O)Nc1ccc(C(F)(F)F)cc1Cl)c1nc(C3=CCOCC3)nn1c2=O. The van der Waals surface area contributed by atoms with Crippen molar-refractivity contribution in [1.29, 1.82) is 0 Å². The molecule has 1 spiro atoms. The second-order valence-electron chi connectivity index (χ2n) is 13.0. The molecular formula is C31H36ClF3N6O6. The molecule has 12 nitrogen and oxygen atoms in total. The number of amides is 1. The number of hydrogen-bond donors (Lipinski definition) is 2. The average molecular weight is 681 g/mol. The minimum absolute atomic E-state index is 0.0886. The van der Waals surface area contributed by atoms with Gasteiger partial charge in [-0.15, -0.1) is 5.10 Å². The van der Waals surface area contributed by atoms with Crippen LogP contribution in [0, 0.1) is 0 Å². The fourth-order valence-electron chi connectivity index (χ4n) is 6.37. The molecule has 16 heteroatoms. The van der Waals surface area contributed by atoms with Crippen molar-refractivity contribution in [2.75, 3.05) is 31.6 Å². The third kappa shape index (κ3) is 6.45. The molecular weight excluding hydrogens is 645 g/mol. The Labute approximate surface area is 273 Å². The Morgan fingerprint density at radius 3 is 2.60 bits per heavy atom. The van der Waals surface area contributed by atoms with E-state index in [9.17, 15) is 27.9 Å². The van der Waals surface area contributed by atoms with Gasteiger partial charge < -0.3 is 34.1 Å². The van der Waals surface area contributed by atoms with Crippen LogP contribution in [-0.2, 0) is 32.5 Å². The quantitative estimate of drug-likeness (QED) is 0.353. The highest BCUT2D eigenvalue weighted by atomic mass is 35.5. The summed E-state index contributed by atoms with van der Waals surface area (Å²) in [7, 11) is 0. The zero-order valence-electron chi connectivity index (χ0n) is 26.4. The van der Waals surface area contributed by atoms with E-state index in [1.54, 1.807) is 37.2 Å². The minimum Gasteiger partial charge on any atom is -0.444 e. The molecule has 0 radical (unpaired) electrons. The van der Waals surface area contributed by atoms with Gasteiger partial charge in [-0.05, 0) is 70.7 Å². The lowest BCUT2D eigenvalue weighted by Crippen LogP contribution is -2.48. The van der Waals surface area contributed by atoms with Gasteiger partial charge in [-0.1, -0.05) is 17.7 Å². The highest BCUT2D eigenvalue weighted by Gasteiger charge is 2.51. The summed E-state index contributed by atoms with van der Waals surface area (Å²) in [4.78, 5) is 33.3. The summed E-state index contributed by atoms with van der Waals surface area (Å²) < 4.78 is 59.9. The molecule has 1 aromatic carbocycles. The number of ether oxygens (including phenoxy) is 3. The second kappa shape index (κ2) is 12.1. The maximum atomic E-state index is 14.3. The molecule has 0 aliphatic carbocycles. The molecule has 2 N–H and O–H groups in total. The monoisotopic (exact) mass is 680 g/mol. The van der Waals surface area contributed by atoms with E-state index in [1.165, 1.54) is 4.52 Å². The number of nitrogens with zero attached hydrogens (tertiary/aromatic N) is 5. The van der Waals surface area contributed by atoms with Gasteiger partial charge in [0.2, 0.25) is 5.78 Å². The number of carbonyl (C=O) groups is 1. The van der Waals surface area contributed by atoms with Crippen LogP contribution < -0.4 is 10.9 Å². The third-order valence-corrected chi connectivity index (χ3v) is 8.79. The number of likely N-dealkylation sites (tertiary alicyclic amines) is 1. The molecule has 2 unspecified atom stereocenters. The molecule has 3 aromatic rings. The standard InChI is InChI=1S/C31H36ClF3N6O6/c1-17-24-23(30(46-17)9-11-39(12-10-30)28(44)47-29(2,3)4)26(43)41-27(37-25(38-41)18-7-13-45-14-8-18)40(24)16-22(42)36-21-6-5-19(15-20(21)32)31(33,34)35/h5-7,15,17,22,36,42H,8-14,16H2,1-4H3. The summed E-state index contributed by atoms with van der Waals surface area (Å²) >= 11 is 6.15. The van der Waals surface area contributed by atoms with Gasteiger partial charge in [0.05, 0.1) is 53.4 Å². The Balaban J connectivity index is 1.38. The molecule has 3 aliphatic rings. The number of benzene rings is 1. The maximum Gasteiger partial charge on any atom is 0.416 e. The molecule has 3 aliphatic heterocycles. The van der Waals surface area contributed by atoms with E-state index in [0.717, 1.165) is 23.8 Å². The van der Waals surface area contributed by atoms with Crippen molar-refractivity contribution in [2.45, 2.75) is 83.2 Å². The number of hydrogen-bond acceptors (Lipinski definition) is 9. The van der Waals surface area contributed by atoms with Gasteiger partial charge in [0.25, 0.3) is 5.56 Å². The fourth-order valence-corrected chi connectivity index (χ4v) is 6.61. The summed E-state index contributed by atoms with van der Waals surface area (Å²) in [5, 5.41) is 18.4. The van der Waals surface area contributed by atoms with Crippen LogP contribution in [0.3, 0.4) is 0 Å². The Morgan fingerprint density at radius 1 is 1.26 bits per heavy atom. The largest absolute Gasteiger partial charge is 0.444 e. The molecule has 2 atom stereocenters. The van der Waals surface area contributed by atoms with Gasteiger partial charge in [-0.3, -0.25) is 4.79 Å². The molecule has 6 rings (SSSR count). The van der Waals surface area contributed by atoms with Gasteiger partial charge >= 0.3 is 12.3 Å². The lowest BCUT2D eigenvalue weighted by atomic mass is 9.85. The van der Waals surface area contributed by atoms with Crippen molar-refractivity contribution in [2.24, 2.45) is 0 Å². The van der Waals surface area contributed by atoms with Gasteiger partial charge in [0, 0.05) is 13.1 Å². The first-order valence-electron chi connectivity index (χ1n) is 15.3. The lowest BCUT2D eigenvalue weighted by molar-refractivity contribution is -0.137. The molecule has 1 fully saturated rings. The van der Waals surface area contributed by atoms with Crippen molar-refractivity contribution >= 4 is 34.7 Å². The zero-order chi connectivity index (χ0) is 33.9. The Morgan fingerprint density at radius 2 is 1.98 bits per heavy atom. The summed E-state index contributed by atoms with van der Waals surface area (Å²) in [6.07, 6.45) is -3.99. The Bertz CT molecular complexity index is 1790. The van der Waals surface area contributed by atoms with Gasteiger partial charge in [-0.25, -0.2) is 4.79 Å². The van der Waals surface area contributed by atoms with E-state index in [2.05, 4.69) is 10.4 Å². The summed E-state index contributed by atoms with van der Waals surface area (Å²) in [5.74, 6) is 0.507. The van der Waals surface area contributed by atoms with Crippen LogP contribution in [0.4, 0.5) is 23.7 Å². The van der Waals surface area contributed by atoms with E-state index >= 15 is 0 Å². The zero-order valence-corrected chi connectivity index (χ0v) is 27.1. The van der Waals surface area contributed by atoms with Gasteiger partial charge in [0.15, 0.2) is 5.82 Å². The van der Waals surface area contributed by atoms with Gasteiger partial charge in [-0.2, -0.15) is 22.7 Å². The molecule has 47 heavy (non-hydrogen) atoms. The number of piperidine rings is 1. The topological polar surface area (TPSA) is 132 Å². The third-order valence-electron chi connectivity index (χ3n) is 8.48. The van der Waals surface area contributed by atoms with Crippen LogP contribution in [0.1, 0.15) is 75.7 Å². The highest BCUT2D eigenvalue weighted by Crippen LogP contribution is 2.48. The molecule has 2 aromatic heterocycles. The van der Waals surface area contributed by atoms with Crippen LogP contribution in [0.2, 0.25) is 5.02 Å². The van der Waals surface area contributed by atoms with Crippen molar-refractivity contribution in [3.05, 3.63) is 62.3 Å². The van der Waals surface area contributed by atoms with Crippen LogP contribution in [0.5, 0.6) is 0 Å². The van der Waals surface area contributed by atoms with Crippen molar-refractivity contribution in [3.63, 3.8) is 0 Å². The molecule has 0 bridgehead atoms. The summed E-state index contributed by atoms with van der Waals surface area (Å²) in [6.45, 7) is 8.40. The first-order chi connectivity index (χ1) is 22.1. The van der Waals surface area contributed by atoms with Crippen LogP contribution in [-0.4, -0.2) is 73.4 Å². The van der Waals surface area contributed by atoms with Crippen LogP contribution in [0.15, 0.2) is 29.1 Å². The predicted octanol–water partition coefficient (Wildman–Crippen LogP) is 5.11. The van der Waals surface area contributed by atoms with E-state index in [-0.39, 0.29) is 36.1 Å². The normalized spacial score (nSPS) is 20.3. The van der Waals surface area contributed by atoms with Crippen LogP contribution in [0.25, 0.3) is 11.4 Å². The Kier molecular flexibility index (Phi) is 8.56. The number of aliphatic hydroxyl groups excluding tert-OH is 1. The van der Waals surface area contributed by atoms with E-state index in [1.807, 2.05) is 6.08 Å². The van der Waals surface area contributed by atoms with Crippen molar-refractivity contribution in [1.82, 2.24) is 24.1 Å². The fraction of sp³-hybridized carbons (Fsp3) is 0.548. The van der Waals surface area contributed by atoms with E-state index < -0.39 is 46.9 Å². The summed E-state index contributed by atoms with van der Waals surface area (Å²) in [6, 6.07) is 2.79. The smallest absolute Gasteiger partial charge is 0.416 e. The maximum absolute atomic E-state index is 14.3. The first kappa shape index (κ1) is 33.2. The average Bonchev–Trinajstić information content (AvgIpc) is 3.56. The lowest BCUT2D eigenvalue weighted by Gasteiger charge is -2.39. The first-order valence-corrected chi connectivity index (χ1v) is 15.7. The molecule has 1 saturated heterocycles. The highest BCUT2D eigenvalue weighted by molar-refractivity contribution is 6.33. The number of carbonyl (C=O) groups excluding carboxylic acids is 1. The number of halogens is 4. The van der Waals surface area contributed by atoms with E-state index in [4.69, 9.17) is 30.8 Å². The number of nitrogens with one attached hydrogen (secondary N) is 1. The number of aliphatic hydroxyl groups is 1. The summed E-state index contributed by atoms with van der Waals surface area (Å²) in [5.41, 5.74) is -1.29. The predicted molar refractivity (Wildman–Crippen MR) is 165 cm³/mol. The number of fused-ring (bicyclic) bond motifs is 3. The molecule has 5 heterocycles. The van der Waals surface area contributed by atoms with Gasteiger partial charge in [0.1, 0.15) is 17.4 Å². The number of anilines is 1. The second-order valence-corrected chi connectivity index (χ2v) is 13.4. The van der Waals surface area contributed by atoms with E-state index in [0.29, 0.717) is 49.6 Å². The number of alkyl halides is 3. The number of aromatic nitrogens is 4. The van der Waals surface area contributed by atoms with Crippen LogP contribution >= 0.6 is 11.6 Å². The minimum atomic E-state index is -4.58. The molecule has 254 valence electrons. The van der Waals surface area contributed by atoms with Crippen molar-refractivity contribution in [3.8, 4) is 0 Å². The molecule has 0 saturated carbocycles. The number of rotatable bonds is 5. The van der Waals surface area contributed by atoms with Crippen molar-refractivity contribution < 1.29 is 37.3 Å². The Hall–Kier alpha value is -3.66. The molecule has 1 amide bonds.